The highest BCUT2D eigenvalue weighted by atomic mass is 35.5. The van der Waals surface area contributed by atoms with Gasteiger partial charge in [-0.1, -0.05) is 11.6 Å². The Morgan fingerprint density at radius 2 is 2.06 bits per heavy atom. The van der Waals surface area contributed by atoms with Crippen LogP contribution in [0.15, 0.2) is 52.5 Å². The molecule has 1 N–H and O–H groups in total. The summed E-state index contributed by atoms with van der Waals surface area (Å²) < 4.78 is 37.6. The predicted octanol–water partition coefficient (Wildman–Crippen LogP) is 2.55. The molecule has 1 atom stereocenters. The van der Waals surface area contributed by atoms with Crippen molar-refractivity contribution in [2.45, 2.75) is 23.8 Å². The molecule has 0 bridgehead atoms. The second kappa shape index (κ2) is 10.5. The van der Waals surface area contributed by atoms with Crippen LogP contribution < -0.4 is 14.9 Å². The first-order valence-corrected chi connectivity index (χ1v) is 11.5. The van der Waals surface area contributed by atoms with E-state index in [9.17, 15) is 13.2 Å². The van der Waals surface area contributed by atoms with Gasteiger partial charge >= 0.3 is 0 Å². The molecule has 168 valence electrons. The number of carbonyl (C=O) groups is 1. The quantitative estimate of drug-likeness (QED) is 0.461. The van der Waals surface area contributed by atoms with Crippen molar-refractivity contribution in [3.8, 4) is 17.6 Å². The van der Waals surface area contributed by atoms with Gasteiger partial charge in [0.2, 0.25) is 10.0 Å². The lowest BCUT2D eigenvalue weighted by Crippen LogP contribution is -2.44. The van der Waals surface area contributed by atoms with Gasteiger partial charge in [-0.25, -0.2) is 13.8 Å². The van der Waals surface area contributed by atoms with E-state index < -0.39 is 22.0 Å². The molecule has 32 heavy (non-hydrogen) atoms. The first-order valence-electron chi connectivity index (χ1n) is 9.65. The van der Waals surface area contributed by atoms with E-state index in [1.165, 1.54) is 41.9 Å². The molecule has 11 heteroatoms. The van der Waals surface area contributed by atoms with Crippen LogP contribution in [-0.2, 0) is 14.8 Å². The third-order valence-corrected chi connectivity index (χ3v) is 6.97. The van der Waals surface area contributed by atoms with E-state index in [0.29, 0.717) is 34.9 Å². The van der Waals surface area contributed by atoms with Crippen LogP contribution in [0.1, 0.15) is 18.4 Å². The summed E-state index contributed by atoms with van der Waals surface area (Å²) >= 11 is 5.84. The molecule has 1 fully saturated rings. The van der Waals surface area contributed by atoms with Crippen molar-refractivity contribution in [3.63, 3.8) is 0 Å². The van der Waals surface area contributed by atoms with E-state index in [1.807, 2.05) is 6.07 Å². The van der Waals surface area contributed by atoms with Gasteiger partial charge in [0.25, 0.3) is 5.91 Å². The molecular formula is C21H21ClN4O5S. The zero-order chi connectivity index (χ0) is 23.1. The molecule has 2 aromatic carbocycles. The number of benzene rings is 2. The topological polar surface area (TPSA) is 121 Å². The Balaban J connectivity index is 1.68. The SMILES string of the molecule is COc1cc(/C=N\NC(=O)[C@H]2CCCN2S(=O)(=O)c2ccc(Cl)cc2)ccc1OCC#N. The zero-order valence-corrected chi connectivity index (χ0v) is 18.8. The molecule has 0 unspecified atom stereocenters. The van der Waals surface area contributed by atoms with Gasteiger partial charge in [0.05, 0.1) is 18.2 Å². The second-order valence-electron chi connectivity index (χ2n) is 6.82. The minimum absolute atomic E-state index is 0.0795. The molecule has 1 saturated heterocycles. The van der Waals surface area contributed by atoms with Crippen LogP contribution >= 0.6 is 11.6 Å². The first kappa shape index (κ1) is 23.5. The molecule has 2 aromatic rings. The van der Waals surface area contributed by atoms with Crippen LogP contribution in [0.5, 0.6) is 11.5 Å². The van der Waals surface area contributed by atoms with Gasteiger partial charge in [-0.15, -0.1) is 0 Å². The third-order valence-electron chi connectivity index (χ3n) is 4.79. The first-order chi connectivity index (χ1) is 15.4. The molecule has 0 saturated carbocycles. The number of ether oxygens (including phenoxy) is 2. The van der Waals surface area contributed by atoms with Crippen LogP contribution in [0.4, 0.5) is 0 Å². The van der Waals surface area contributed by atoms with Crippen LogP contribution in [0, 0.1) is 11.3 Å². The lowest BCUT2D eigenvalue weighted by molar-refractivity contribution is -0.124. The van der Waals surface area contributed by atoms with Crippen molar-refractivity contribution in [1.29, 1.82) is 5.26 Å². The Morgan fingerprint density at radius 3 is 2.75 bits per heavy atom. The third kappa shape index (κ3) is 5.37. The number of hydrogen-bond acceptors (Lipinski definition) is 7. The maximum absolute atomic E-state index is 13.0. The lowest BCUT2D eigenvalue weighted by Gasteiger charge is -2.22. The normalized spacial score (nSPS) is 16.6. The molecule has 0 aromatic heterocycles. The smallest absolute Gasteiger partial charge is 0.258 e. The number of rotatable bonds is 8. The Bertz CT molecular complexity index is 1150. The van der Waals surface area contributed by atoms with E-state index >= 15 is 0 Å². The number of hydrogen-bond donors (Lipinski definition) is 1. The van der Waals surface area contributed by atoms with Gasteiger partial charge in [-0.3, -0.25) is 4.79 Å². The van der Waals surface area contributed by atoms with Crippen LogP contribution in [-0.4, -0.2) is 51.1 Å². The maximum atomic E-state index is 13.0. The summed E-state index contributed by atoms with van der Waals surface area (Å²) in [7, 11) is -2.37. The second-order valence-corrected chi connectivity index (χ2v) is 9.15. The number of sulfonamides is 1. The van der Waals surface area contributed by atoms with Crippen molar-refractivity contribution in [1.82, 2.24) is 9.73 Å². The van der Waals surface area contributed by atoms with E-state index in [4.69, 9.17) is 26.3 Å². The number of halogens is 1. The molecule has 9 nitrogen and oxygen atoms in total. The van der Waals surface area contributed by atoms with Gasteiger partial charge in [0, 0.05) is 11.6 Å². The summed E-state index contributed by atoms with van der Waals surface area (Å²) in [4.78, 5) is 12.7. The summed E-state index contributed by atoms with van der Waals surface area (Å²) in [5, 5.41) is 13.0. The van der Waals surface area contributed by atoms with Gasteiger partial charge in [-0.2, -0.15) is 14.7 Å². The molecule has 1 aliphatic heterocycles. The standard InChI is InChI=1S/C21H21ClN4O5S/c1-30-20-13-15(4-9-19(20)31-12-10-23)14-24-25-21(27)18-3-2-11-26(18)32(28,29)17-7-5-16(22)6-8-17/h4-9,13-14,18H,2-3,11-12H2,1H3,(H,25,27)/b24-14-/t18-/m1/s1. The maximum Gasteiger partial charge on any atom is 0.258 e. The average Bonchev–Trinajstić information content (AvgIpc) is 3.29. The van der Waals surface area contributed by atoms with E-state index in [-0.39, 0.29) is 18.0 Å². The van der Waals surface area contributed by atoms with E-state index in [2.05, 4.69) is 10.5 Å². The summed E-state index contributed by atoms with van der Waals surface area (Å²) in [6.07, 6.45) is 2.37. The van der Waals surface area contributed by atoms with E-state index in [1.54, 1.807) is 18.2 Å². The number of nitriles is 1. The van der Waals surface area contributed by atoms with Gasteiger partial charge in [0.1, 0.15) is 12.1 Å². The van der Waals surface area contributed by atoms with Crippen molar-refractivity contribution in [3.05, 3.63) is 53.1 Å². The average molecular weight is 477 g/mol. The van der Waals surface area contributed by atoms with Gasteiger partial charge in [-0.05, 0) is 60.9 Å². The number of hydrazone groups is 1. The molecule has 0 radical (unpaired) electrons. The van der Waals surface area contributed by atoms with Crippen LogP contribution in [0.2, 0.25) is 5.02 Å². The fourth-order valence-corrected chi connectivity index (χ4v) is 5.05. The summed E-state index contributed by atoms with van der Waals surface area (Å²) in [6, 6.07) is 11.8. The van der Waals surface area contributed by atoms with Crippen molar-refractivity contribution >= 4 is 33.7 Å². The summed E-state index contributed by atoms with van der Waals surface area (Å²) in [5.41, 5.74) is 3.02. The van der Waals surface area contributed by atoms with Crippen LogP contribution in [0.25, 0.3) is 0 Å². The van der Waals surface area contributed by atoms with Crippen molar-refractivity contribution in [2.24, 2.45) is 5.10 Å². The predicted molar refractivity (Wildman–Crippen MR) is 118 cm³/mol. The molecule has 1 heterocycles. The highest BCUT2D eigenvalue weighted by molar-refractivity contribution is 7.89. The zero-order valence-electron chi connectivity index (χ0n) is 17.2. The molecule has 0 aliphatic carbocycles. The fourth-order valence-electron chi connectivity index (χ4n) is 3.27. The molecule has 3 rings (SSSR count). The Kier molecular flexibility index (Phi) is 7.69. The number of carbonyl (C=O) groups excluding carboxylic acids is 1. The highest BCUT2D eigenvalue weighted by Gasteiger charge is 2.39. The molecule has 1 aliphatic rings. The Morgan fingerprint density at radius 1 is 1.31 bits per heavy atom. The number of amides is 1. The summed E-state index contributed by atoms with van der Waals surface area (Å²) in [5.74, 6) is 0.299. The van der Waals surface area contributed by atoms with E-state index in [0.717, 1.165) is 0 Å². The van der Waals surface area contributed by atoms with Gasteiger partial charge in [0.15, 0.2) is 18.1 Å². The Hall–Kier alpha value is -3.13. The molecular weight excluding hydrogens is 456 g/mol. The largest absolute Gasteiger partial charge is 0.493 e. The van der Waals surface area contributed by atoms with Crippen molar-refractivity contribution in [2.75, 3.05) is 20.3 Å². The minimum Gasteiger partial charge on any atom is -0.493 e. The molecule has 0 spiro atoms. The van der Waals surface area contributed by atoms with Gasteiger partial charge < -0.3 is 9.47 Å². The lowest BCUT2D eigenvalue weighted by atomic mass is 10.2. The number of methoxy groups -OCH3 is 1. The number of nitrogens with zero attached hydrogens (tertiary/aromatic N) is 3. The minimum atomic E-state index is -3.84. The molecule has 1 amide bonds. The Labute approximate surface area is 191 Å². The number of nitrogens with one attached hydrogen (secondary N) is 1. The van der Waals surface area contributed by atoms with Crippen LogP contribution in [0.3, 0.4) is 0 Å². The fraction of sp³-hybridized carbons (Fsp3) is 0.286. The monoisotopic (exact) mass is 476 g/mol. The van der Waals surface area contributed by atoms with Crippen molar-refractivity contribution < 1.29 is 22.7 Å². The summed E-state index contributed by atoms with van der Waals surface area (Å²) in [6.45, 7) is 0.130. The highest BCUT2D eigenvalue weighted by Crippen LogP contribution is 2.28.